The van der Waals surface area contributed by atoms with Gasteiger partial charge in [-0.1, -0.05) is 90.0 Å². The van der Waals surface area contributed by atoms with E-state index in [1.807, 2.05) is 101 Å². The third-order valence-corrected chi connectivity index (χ3v) is 21.4. The van der Waals surface area contributed by atoms with E-state index in [2.05, 4.69) is 111 Å². The minimum Gasteiger partial charge on any atom is -0.412 e. The van der Waals surface area contributed by atoms with E-state index in [4.69, 9.17) is 37.2 Å². The highest BCUT2D eigenvalue weighted by Crippen LogP contribution is 2.37. The standard InChI is InChI=1S/C16H19FN4O.C15H16N4O.C14H13ClN4O.C14H13FN4O.C13H12FN5.C11H16N5O6P.H2O/c1-10-18-14-15(19(3)11(2)20(4)16(14)22)21(10)9-12-5-7-13(17)8-6-12;1-9-4-6-12(7-5-9)8-19-11(3)18-13-14(19)16-10(2)17-15(13)20;2*1-8-16-13-12(14(20)17-8)18-9(2)19(13)7-10-3-5-11(15)6-4-10;1-8-18-11-12(15)16-7-17-13(11)19(8)6-9-2-4-10(14)5-3-9;1-3-13-5-8(14-11(12)15-9(5)19)16(3)10-6(18)7(22-23-20)4(2-17)21-10;/h5-8,11H,9H2,1-4H3;4-7H,8H2,1-3H3,(H,16,17,20);2*3-6H,7H2,1-2H3,(H,16,17,20);2-5,7H,6H2,1H3,(H2,15,16,17);4,6-7,10,17-18,20,23H,2H2,1H3,(H3,12,14,15,19);1H2/t;;;;;4-,6-,7-,10-;/m.....1./s1. The number of ether oxygens (including phenoxy) is 1. The molecule has 16 aromatic rings. The predicted octanol–water partition coefficient (Wildman–Crippen LogP) is 7.93. The molecular weight excluding hydrogens is 1660 g/mol. The molecule has 2 aliphatic rings. The molecule has 13 heterocycles. The lowest BCUT2D eigenvalue weighted by atomic mass is 10.1. The van der Waals surface area contributed by atoms with Gasteiger partial charge in [0.1, 0.15) is 106 Å². The van der Waals surface area contributed by atoms with E-state index in [-0.39, 0.29) is 68.8 Å². The van der Waals surface area contributed by atoms with Crippen LogP contribution in [0.1, 0.15) is 109 Å². The number of carbonyl (C=O) groups is 1. The van der Waals surface area contributed by atoms with Crippen molar-refractivity contribution in [2.24, 2.45) is 0 Å². The fourth-order valence-electron chi connectivity index (χ4n) is 14.2. The van der Waals surface area contributed by atoms with Crippen molar-refractivity contribution in [3.8, 4) is 0 Å². The molecule has 2 unspecified atom stereocenters. The molecule has 0 bridgehead atoms. The van der Waals surface area contributed by atoms with Crippen LogP contribution in [0.2, 0.25) is 5.02 Å². The maximum atomic E-state index is 13.0. The third kappa shape index (κ3) is 19.9. The normalized spacial score (nSPS) is 15.4. The summed E-state index contributed by atoms with van der Waals surface area (Å²) in [5.74, 6) is 6.18. The van der Waals surface area contributed by atoms with Gasteiger partial charge in [0.05, 0.1) is 39.3 Å². The third-order valence-electron chi connectivity index (χ3n) is 20.8. The van der Waals surface area contributed by atoms with Gasteiger partial charge in [0.15, 0.2) is 82.6 Å². The molecule has 2 aliphatic heterocycles. The van der Waals surface area contributed by atoms with Crippen molar-refractivity contribution < 1.29 is 47.8 Å². The van der Waals surface area contributed by atoms with Crippen LogP contribution >= 0.6 is 20.6 Å². The van der Waals surface area contributed by atoms with Gasteiger partial charge in [-0.25, -0.2) is 68.0 Å². The fraction of sp³-hybridized carbons (Fsp3) is 0.289. The first kappa shape index (κ1) is 90.6. The predicted molar refractivity (Wildman–Crippen MR) is 465 cm³/mol. The summed E-state index contributed by atoms with van der Waals surface area (Å²) in [6.07, 6.45) is -2.59. The summed E-state index contributed by atoms with van der Waals surface area (Å²) in [4.78, 5) is 134. The number of aromatic amines is 4. The number of anilines is 3. The van der Waals surface area contributed by atoms with Crippen molar-refractivity contribution in [3.63, 3.8) is 0 Å². The first-order valence-corrected chi connectivity index (χ1v) is 40.0. The topological polar surface area (TPSA) is 502 Å². The van der Waals surface area contributed by atoms with Crippen LogP contribution in [0.5, 0.6) is 0 Å². The average molecular weight is 1750 g/mol. The van der Waals surface area contributed by atoms with Crippen LogP contribution in [-0.2, 0) is 42.0 Å². The zero-order valence-corrected chi connectivity index (χ0v) is 71.8. The molecule has 1 fully saturated rings. The Labute approximate surface area is 716 Å². The first-order valence-electron chi connectivity index (χ1n) is 38.7. The van der Waals surface area contributed by atoms with E-state index >= 15 is 0 Å². The SMILES string of the molecule is Cc1ccc(Cn2c(C)nc3c(=O)[nH]c(C)nc32)cc1.Cc1nc2c(=O)[nH]c(N)nc2n1[C@@H]1O[C@H](CO)[C@@H](OPO)[C@H]1O.Cc1nc2c(N)ncnc2n1Cc1ccc(F)cc1.Cc1nc2c(n1Cc1ccc(F)cc1)N(C)C(C)N(C)C2=O.Cc1nc2c(nc(C)n2Cc2ccc(Cl)cc2)c(=O)[nH]1.Cc1nc2c(nc(C)n2Cc2ccc(F)cc2)c(=O)[nH]1.O. The lowest BCUT2D eigenvalue weighted by Gasteiger charge is -2.38. The molecule has 652 valence electrons. The van der Waals surface area contributed by atoms with Crippen molar-refractivity contribution in [2.75, 3.05) is 37.1 Å². The minimum atomic E-state index is -1.20. The number of benzene rings is 5. The Morgan fingerprint density at radius 1 is 0.472 bits per heavy atom. The second-order valence-electron chi connectivity index (χ2n) is 29.5. The van der Waals surface area contributed by atoms with Gasteiger partial charge in [-0.15, -0.1) is 0 Å². The largest absolute Gasteiger partial charge is 0.412 e. The molecule has 37 nitrogen and oxygen atoms in total. The highest BCUT2D eigenvalue weighted by molar-refractivity contribution is 7.25. The number of aryl methyl sites for hydroxylation is 10. The molecule has 42 heteroatoms. The Morgan fingerprint density at radius 2 is 0.840 bits per heavy atom. The average Bonchev–Trinajstić information content (AvgIpc) is 1.61. The maximum Gasteiger partial charge on any atom is 0.280 e. The molecule has 18 rings (SSSR count). The molecule has 6 atom stereocenters. The smallest absolute Gasteiger partial charge is 0.280 e. The molecule has 5 aromatic carbocycles. The number of carbonyl (C=O) groups excluding carboxylic acids is 1. The number of rotatable bonds is 14. The first-order chi connectivity index (χ1) is 59.1. The number of hydrogen-bond donors (Lipinski definition) is 9. The van der Waals surface area contributed by atoms with Gasteiger partial charge in [-0.3, -0.25) is 33.5 Å². The molecule has 13 N–H and O–H groups in total. The number of aliphatic hydroxyl groups is 2. The lowest BCUT2D eigenvalue weighted by molar-refractivity contribution is -0.0511. The summed E-state index contributed by atoms with van der Waals surface area (Å²) in [6, 6.07) is 34.9. The highest BCUT2D eigenvalue weighted by Gasteiger charge is 2.47. The summed E-state index contributed by atoms with van der Waals surface area (Å²) in [6.45, 7) is 22.7. The second kappa shape index (κ2) is 38.4. The van der Waals surface area contributed by atoms with E-state index in [1.54, 1.807) is 76.0 Å². The van der Waals surface area contributed by atoms with Gasteiger partial charge < -0.3 is 88.9 Å². The number of aliphatic hydroxyl groups excluding tert-OH is 2. The number of H-pyrrole nitrogens is 4. The number of amides is 1. The number of imidazole rings is 6. The van der Waals surface area contributed by atoms with Crippen molar-refractivity contribution >= 4 is 99.9 Å². The van der Waals surface area contributed by atoms with Gasteiger partial charge in [0, 0.05) is 19.1 Å². The zero-order chi connectivity index (χ0) is 89.0. The fourth-order valence-corrected chi connectivity index (χ4v) is 14.7. The van der Waals surface area contributed by atoms with E-state index in [0.717, 1.165) is 56.9 Å². The van der Waals surface area contributed by atoms with E-state index in [0.29, 0.717) is 123 Å². The molecule has 0 spiro atoms. The molecular formula is C83H91ClF3N26O11P. The van der Waals surface area contributed by atoms with E-state index in [9.17, 15) is 47.4 Å². The number of fused-ring (bicyclic) bond motifs is 6. The summed E-state index contributed by atoms with van der Waals surface area (Å²) < 4.78 is 60.6. The number of hydrogen-bond acceptors (Lipinski definition) is 25. The number of aromatic nitrogens is 22. The Hall–Kier alpha value is -13.6. The van der Waals surface area contributed by atoms with Crippen molar-refractivity contribution in [1.29, 1.82) is 0 Å². The highest BCUT2D eigenvalue weighted by atomic mass is 35.5. The Kier molecular flexibility index (Phi) is 27.9. The number of nitrogens with one attached hydrogen (secondary N) is 4. The van der Waals surface area contributed by atoms with Crippen LogP contribution in [0.25, 0.3) is 55.8 Å². The number of nitrogens with zero attached hydrogens (tertiary/aromatic N) is 20. The van der Waals surface area contributed by atoms with Crippen LogP contribution in [0.15, 0.2) is 147 Å². The van der Waals surface area contributed by atoms with Crippen LogP contribution < -0.4 is 38.6 Å². The van der Waals surface area contributed by atoms with Crippen LogP contribution in [0.4, 0.5) is 30.8 Å². The van der Waals surface area contributed by atoms with E-state index < -0.39 is 45.7 Å². The molecule has 1 saturated heterocycles. The second-order valence-corrected chi connectivity index (χ2v) is 30.4. The summed E-state index contributed by atoms with van der Waals surface area (Å²) in [5.41, 5.74) is 21.4. The molecule has 0 radical (unpaired) electrons. The summed E-state index contributed by atoms with van der Waals surface area (Å²) in [5, 5.41) is 20.5. The number of nitrogens with two attached hydrogens (primary N) is 2. The molecule has 125 heavy (non-hydrogen) atoms. The molecule has 11 aromatic heterocycles. The molecule has 0 saturated carbocycles. The van der Waals surface area contributed by atoms with Gasteiger partial charge in [0.2, 0.25) is 5.95 Å². The molecule has 1 amide bonds. The quantitative estimate of drug-likeness (QED) is 0.0466. The van der Waals surface area contributed by atoms with Crippen molar-refractivity contribution in [2.45, 2.75) is 140 Å². The van der Waals surface area contributed by atoms with E-state index in [1.165, 1.54) is 52.9 Å². The van der Waals surface area contributed by atoms with Gasteiger partial charge >= 0.3 is 0 Å². The van der Waals surface area contributed by atoms with Gasteiger partial charge in [-0.2, -0.15) is 4.98 Å². The zero-order valence-electron chi connectivity index (χ0n) is 70.1. The molecule has 0 aliphatic carbocycles. The van der Waals surface area contributed by atoms with Crippen molar-refractivity contribution in [3.05, 3.63) is 283 Å². The van der Waals surface area contributed by atoms with Gasteiger partial charge in [-0.05, 0) is 153 Å². The van der Waals surface area contributed by atoms with Crippen LogP contribution in [0.3, 0.4) is 0 Å². The Morgan fingerprint density at radius 3 is 1.26 bits per heavy atom. The minimum absolute atomic E-state index is 0. The number of nitrogen functional groups attached to an aromatic ring is 2. The summed E-state index contributed by atoms with van der Waals surface area (Å²) in [7, 11) is 2.86. The summed E-state index contributed by atoms with van der Waals surface area (Å²) >= 11 is 5.88. The number of halogens is 4. The Balaban J connectivity index is 0.000000137. The monoisotopic (exact) mass is 1750 g/mol. The van der Waals surface area contributed by atoms with Gasteiger partial charge in [0.25, 0.3) is 28.1 Å². The Bertz CT molecular complexity index is 6510. The maximum absolute atomic E-state index is 13.0. The van der Waals surface area contributed by atoms with Crippen molar-refractivity contribution in [1.82, 2.24) is 112 Å². The van der Waals surface area contributed by atoms with Crippen LogP contribution in [-0.4, -0.2) is 184 Å². The van der Waals surface area contributed by atoms with Crippen LogP contribution in [0, 0.1) is 86.7 Å². The lowest BCUT2D eigenvalue weighted by Crippen LogP contribution is -2.50.